The van der Waals surface area contributed by atoms with E-state index in [1.807, 2.05) is 7.05 Å². The van der Waals surface area contributed by atoms with Crippen LogP contribution in [0.3, 0.4) is 0 Å². The van der Waals surface area contributed by atoms with Gasteiger partial charge >= 0.3 is 0 Å². The number of nitrogens with one attached hydrogen (secondary N) is 1. The number of hydrogen-bond donors (Lipinski definition) is 1. The van der Waals surface area contributed by atoms with Crippen LogP contribution in [0.4, 0.5) is 11.6 Å². The third-order valence-electron chi connectivity index (χ3n) is 3.61. The van der Waals surface area contributed by atoms with Crippen molar-refractivity contribution < 1.29 is 4.74 Å². The van der Waals surface area contributed by atoms with E-state index < -0.39 is 0 Å². The monoisotopic (exact) mass is 264 g/mol. The molecule has 2 heterocycles. The van der Waals surface area contributed by atoms with Gasteiger partial charge in [-0.15, -0.1) is 0 Å². The molecule has 1 aliphatic heterocycles. The molecule has 1 aromatic rings. The van der Waals surface area contributed by atoms with Gasteiger partial charge in [0.2, 0.25) is 0 Å². The summed E-state index contributed by atoms with van der Waals surface area (Å²) in [4.78, 5) is 11.6. The summed E-state index contributed by atoms with van der Waals surface area (Å²) in [6, 6.07) is 0. The average Bonchev–Trinajstić information content (AvgIpc) is 2.47. The van der Waals surface area contributed by atoms with Gasteiger partial charge in [-0.3, -0.25) is 0 Å². The van der Waals surface area contributed by atoms with E-state index >= 15 is 0 Å². The molecular weight excluding hydrogens is 240 g/mol. The van der Waals surface area contributed by atoms with Gasteiger partial charge in [0.25, 0.3) is 0 Å². The Labute approximate surface area is 115 Å². The molecule has 1 unspecified atom stereocenters. The van der Waals surface area contributed by atoms with E-state index in [4.69, 9.17) is 9.72 Å². The summed E-state index contributed by atoms with van der Waals surface area (Å²) in [6.45, 7) is 8.93. The summed E-state index contributed by atoms with van der Waals surface area (Å²) in [5.41, 5.74) is 1.12. The van der Waals surface area contributed by atoms with Crippen molar-refractivity contribution in [2.24, 2.45) is 0 Å². The van der Waals surface area contributed by atoms with Gasteiger partial charge in [-0.05, 0) is 13.3 Å². The van der Waals surface area contributed by atoms with Crippen LogP contribution in [0.1, 0.15) is 31.7 Å². The highest BCUT2D eigenvalue weighted by atomic mass is 16.5. The second-order valence-electron chi connectivity index (χ2n) is 4.89. The van der Waals surface area contributed by atoms with Gasteiger partial charge in [0, 0.05) is 32.1 Å². The number of hydrogen-bond acceptors (Lipinski definition) is 5. The van der Waals surface area contributed by atoms with E-state index in [1.165, 1.54) is 0 Å². The molecule has 5 nitrogen and oxygen atoms in total. The topological polar surface area (TPSA) is 50.3 Å². The molecule has 0 spiro atoms. The quantitative estimate of drug-likeness (QED) is 0.901. The lowest BCUT2D eigenvalue weighted by molar-refractivity contribution is 0.0381. The molecule has 1 atom stereocenters. The Balaban J connectivity index is 2.32. The first-order chi connectivity index (χ1) is 9.19. The smallest absolute Gasteiger partial charge is 0.137 e. The van der Waals surface area contributed by atoms with Gasteiger partial charge < -0.3 is 15.0 Å². The van der Waals surface area contributed by atoms with Crippen molar-refractivity contribution in [2.75, 3.05) is 37.0 Å². The molecule has 106 valence electrons. The molecule has 0 bridgehead atoms. The SMILES string of the molecule is CCc1nc(NC)c(C)c(N2CCOC(CC)C2)n1. The van der Waals surface area contributed by atoms with Crippen LogP contribution in [0, 0.1) is 6.92 Å². The minimum atomic E-state index is 0.311. The molecule has 19 heavy (non-hydrogen) atoms. The second-order valence-corrected chi connectivity index (χ2v) is 4.89. The highest BCUT2D eigenvalue weighted by Crippen LogP contribution is 2.25. The number of morpholine rings is 1. The van der Waals surface area contributed by atoms with Gasteiger partial charge in [-0.1, -0.05) is 13.8 Å². The van der Waals surface area contributed by atoms with Crippen LogP contribution in [0.2, 0.25) is 0 Å². The summed E-state index contributed by atoms with van der Waals surface area (Å²) < 4.78 is 5.73. The van der Waals surface area contributed by atoms with Crippen LogP contribution in [0.25, 0.3) is 0 Å². The third kappa shape index (κ3) is 2.97. The predicted octanol–water partition coefficient (Wildman–Crippen LogP) is 2.00. The lowest BCUT2D eigenvalue weighted by atomic mass is 10.2. The Morgan fingerprint density at radius 1 is 1.37 bits per heavy atom. The minimum Gasteiger partial charge on any atom is -0.375 e. The van der Waals surface area contributed by atoms with E-state index in [1.54, 1.807) is 0 Å². The lowest BCUT2D eigenvalue weighted by Crippen LogP contribution is -2.43. The normalized spacial score (nSPS) is 19.6. The minimum absolute atomic E-state index is 0.311. The molecule has 0 aliphatic carbocycles. The number of aromatic nitrogens is 2. The number of aryl methyl sites for hydroxylation is 1. The molecule has 1 fully saturated rings. The van der Waals surface area contributed by atoms with Gasteiger partial charge in [-0.25, -0.2) is 9.97 Å². The highest BCUT2D eigenvalue weighted by Gasteiger charge is 2.23. The molecule has 1 saturated heterocycles. The van der Waals surface area contributed by atoms with Crippen LogP contribution in [0.5, 0.6) is 0 Å². The van der Waals surface area contributed by atoms with Crippen molar-refractivity contribution in [1.29, 1.82) is 0 Å². The number of nitrogens with zero attached hydrogens (tertiary/aromatic N) is 3. The zero-order chi connectivity index (χ0) is 13.8. The zero-order valence-electron chi connectivity index (χ0n) is 12.4. The first-order valence-corrected chi connectivity index (χ1v) is 7.11. The predicted molar refractivity (Wildman–Crippen MR) is 77.9 cm³/mol. The Morgan fingerprint density at radius 2 is 2.16 bits per heavy atom. The summed E-state index contributed by atoms with van der Waals surface area (Å²) in [5.74, 6) is 2.88. The third-order valence-corrected chi connectivity index (χ3v) is 3.61. The van der Waals surface area contributed by atoms with E-state index in [-0.39, 0.29) is 0 Å². The maximum Gasteiger partial charge on any atom is 0.137 e. The molecule has 0 amide bonds. The Kier molecular flexibility index (Phi) is 4.58. The fourth-order valence-electron chi connectivity index (χ4n) is 2.42. The first-order valence-electron chi connectivity index (χ1n) is 7.11. The van der Waals surface area contributed by atoms with Gasteiger partial charge in [0.1, 0.15) is 17.5 Å². The zero-order valence-corrected chi connectivity index (χ0v) is 12.4. The number of anilines is 2. The maximum absolute atomic E-state index is 5.73. The van der Waals surface area contributed by atoms with Crippen LogP contribution in [-0.2, 0) is 11.2 Å². The Bertz CT molecular complexity index is 436. The van der Waals surface area contributed by atoms with Crippen molar-refractivity contribution in [2.45, 2.75) is 39.7 Å². The highest BCUT2D eigenvalue weighted by molar-refractivity contribution is 5.58. The van der Waals surface area contributed by atoms with E-state index in [0.717, 1.165) is 55.6 Å². The summed E-state index contributed by atoms with van der Waals surface area (Å²) >= 11 is 0. The molecule has 0 radical (unpaired) electrons. The molecule has 1 aromatic heterocycles. The van der Waals surface area contributed by atoms with Crippen LogP contribution < -0.4 is 10.2 Å². The maximum atomic E-state index is 5.73. The fraction of sp³-hybridized carbons (Fsp3) is 0.714. The van der Waals surface area contributed by atoms with Crippen LogP contribution >= 0.6 is 0 Å². The first kappa shape index (κ1) is 14.1. The van der Waals surface area contributed by atoms with E-state index in [0.29, 0.717) is 6.10 Å². The fourth-order valence-corrected chi connectivity index (χ4v) is 2.42. The lowest BCUT2D eigenvalue weighted by Gasteiger charge is -2.34. The second kappa shape index (κ2) is 6.19. The summed E-state index contributed by atoms with van der Waals surface area (Å²) in [7, 11) is 1.91. The average molecular weight is 264 g/mol. The van der Waals surface area contributed by atoms with Crippen molar-refractivity contribution in [3.05, 3.63) is 11.4 Å². The Hall–Kier alpha value is -1.36. The van der Waals surface area contributed by atoms with Gasteiger partial charge in [0.05, 0.1) is 12.7 Å². The number of ether oxygens (including phenoxy) is 1. The van der Waals surface area contributed by atoms with E-state index in [9.17, 15) is 0 Å². The standard InChI is InChI=1S/C14H24N4O/c1-5-11-9-18(7-8-19-11)14-10(3)13(15-4)16-12(6-2)17-14/h11H,5-9H2,1-4H3,(H,15,16,17). The summed E-state index contributed by atoms with van der Waals surface area (Å²) in [5, 5.41) is 3.17. The van der Waals surface area contributed by atoms with Crippen molar-refractivity contribution in [3.63, 3.8) is 0 Å². The molecular formula is C14H24N4O. The van der Waals surface area contributed by atoms with Crippen molar-refractivity contribution in [3.8, 4) is 0 Å². The van der Waals surface area contributed by atoms with Gasteiger partial charge in [-0.2, -0.15) is 0 Å². The van der Waals surface area contributed by atoms with Crippen molar-refractivity contribution >= 4 is 11.6 Å². The molecule has 5 heteroatoms. The molecule has 1 aliphatic rings. The van der Waals surface area contributed by atoms with Crippen molar-refractivity contribution in [1.82, 2.24) is 9.97 Å². The van der Waals surface area contributed by atoms with Crippen LogP contribution in [-0.4, -0.2) is 42.8 Å². The number of rotatable bonds is 4. The largest absolute Gasteiger partial charge is 0.375 e. The molecule has 1 N–H and O–H groups in total. The molecule has 0 saturated carbocycles. The summed E-state index contributed by atoms with van der Waals surface area (Å²) in [6.07, 6.45) is 2.20. The molecule has 0 aromatic carbocycles. The molecule has 2 rings (SSSR count). The van der Waals surface area contributed by atoms with Gasteiger partial charge in [0.15, 0.2) is 0 Å². The Morgan fingerprint density at radius 3 is 2.79 bits per heavy atom. The van der Waals surface area contributed by atoms with E-state index in [2.05, 4.69) is 36.0 Å². The van der Waals surface area contributed by atoms with Crippen LogP contribution in [0.15, 0.2) is 0 Å².